The maximum Gasteiger partial charge on any atom is 0.306 e. The van der Waals surface area contributed by atoms with Gasteiger partial charge >= 0.3 is 11.2 Å². The Bertz CT molecular complexity index is 1260. The summed E-state index contributed by atoms with van der Waals surface area (Å²) in [4.78, 5) is 28.5. The van der Waals surface area contributed by atoms with Crippen molar-refractivity contribution < 1.29 is 19.1 Å². The molecule has 2 atom stereocenters. The van der Waals surface area contributed by atoms with E-state index in [1.165, 1.54) is 28.9 Å². The van der Waals surface area contributed by atoms with Crippen molar-refractivity contribution in [2.75, 3.05) is 6.54 Å². The van der Waals surface area contributed by atoms with Gasteiger partial charge < -0.3 is 9.67 Å². The fraction of sp³-hybridized carbons (Fsp3) is 0.333. The maximum absolute atomic E-state index is 13.7. The van der Waals surface area contributed by atoms with Gasteiger partial charge in [0, 0.05) is 24.7 Å². The van der Waals surface area contributed by atoms with Crippen molar-refractivity contribution in [3.8, 4) is 11.4 Å². The maximum atomic E-state index is 13.7. The molecule has 4 rings (SSSR count). The number of carboxylic acid groups (broad SMARTS) is 1. The molecule has 0 bridgehead atoms. The SMILES string of the molecule is CCC(CCN1N=C(c2ccc3c(c2)nc(-c2cccc(F)c2)n3C)C(C)SC1=O)C(=O)O. The first-order chi connectivity index (χ1) is 15.8. The molecule has 1 amide bonds. The van der Waals surface area contributed by atoms with E-state index in [2.05, 4.69) is 5.10 Å². The van der Waals surface area contributed by atoms with Gasteiger partial charge in [-0.1, -0.05) is 36.9 Å². The number of fused-ring (bicyclic) bond motifs is 1. The van der Waals surface area contributed by atoms with E-state index in [0.29, 0.717) is 24.2 Å². The van der Waals surface area contributed by atoms with Crippen LogP contribution in [-0.4, -0.2) is 48.4 Å². The van der Waals surface area contributed by atoms with Crippen molar-refractivity contribution in [1.82, 2.24) is 14.6 Å². The summed E-state index contributed by atoms with van der Waals surface area (Å²) < 4.78 is 15.6. The number of carboxylic acids is 1. The normalized spacial score (nSPS) is 17.3. The largest absolute Gasteiger partial charge is 0.481 e. The van der Waals surface area contributed by atoms with Crippen LogP contribution in [0.4, 0.5) is 9.18 Å². The Morgan fingerprint density at radius 2 is 2.03 bits per heavy atom. The zero-order valence-corrected chi connectivity index (χ0v) is 19.5. The first-order valence-electron chi connectivity index (χ1n) is 10.8. The average Bonchev–Trinajstić information content (AvgIpc) is 3.11. The lowest BCUT2D eigenvalue weighted by Crippen LogP contribution is -2.35. The van der Waals surface area contributed by atoms with Gasteiger partial charge in [0.15, 0.2) is 0 Å². The van der Waals surface area contributed by atoms with Gasteiger partial charge in [-0.2, -0.15) is 5.10 Å². The molecular weight excluding hydrogens is 443 g/mol. The minimum atomic E-state index is -0.859. The average molecular weight is 469 g/mol. The number of carbonyl (C=O) groups excluding carboxylic acids is 1. The van der Waals surface area contributed by atoms with Crippen molar-refractivity contribution in [2.24, 2.45) is 18.1 Å². The van der Waals surface area contributed by atoms with Crippen LogP contribution in [0.3, 0.4) is 0 Å². The Balaban J connectivity index is 1.66. The fourth-order valence-corrected chi connectivity index (χ4v) is 4.83. The number of hydrazone groups is 1. The molecule has 2 heterocycles. The third-order valence-corrected chi connectivity index (χ3v) is 6.88. The first kappa shape index (κ1) is 23.0. The van der Waals surface area contributed by atoms with E-state index in [9.17, 15) is 19.1 Å². The Morgan fingerprint density at radius 1 is 1.24 bits per heavy atom. The molecule has 0 fully saturated rings. The summed E-state index contributed by atoms with van der Waals surface area (Å²) in [6.07, 6.45) is 0.848. The molecule has 33 heavy (non-hydrogen) atoms. The van der Waals surface area contributed by atoms with E-state index in [-0.39, 0.29) is 22.9 Å². The van der Waals surface area contributed by atoms with Crippen LogP contribution in [0.15, 0.2) is 47.6 Å². The van der Waals surface area contributed by atoms with Gasteiger partial charge in [0.25, 0.3) is 0 Å². The second-order valence-electron chi connectivity index (χ2n) is 8.07. The number of aliphatic carboxylic acids is 1. The molecule has 9 heteroatoms. The third kappa shape index (κ3) is 4.64. The standard InChI is InChI=1S/C24H25FN4O3S/c1-4-15(23(30)31)10-11-29-24(32)33-14(2)21(27-29)16-8-9-20-19(13-16)26-22(28(20)3)17-6-5-7-18(25)12-17/h5-9,12-15H,4,10-11H2,1-3H3,(H,30,31). The molecule has 0 spiro atoms. The zero-order valence-electron chi connectivity index (χ0n) is 18.7. The molecule has 2 unspecified atom stereocenters. The number of nitrogens with zero attached hydrogens (tertiary/aromatic N) is 4. The van der Waals surface area contributed by atoms with Gasteiger partial charge in [-0.15, -0.1) is 0 Å². The predicted octanol–water partition coefficient (Wildman–Crippen LogP) is 5.14. The smallest absolute Gasteiger partial charge is 0.306 e. The number of thioether (sulfide) groups is 1. The highest BCUT2D eigenvalue weighted by atomic mass is 32.2. The van der Waals surface area contributed by atoms with Gasteiger partial charge in [-0.05, 0) is 44.0 Å². The van der Waals surface area contributed by atoms with Gasteiger partial charge in [-0.25, -0.2) is 14.4 Å². The number of carbonyl (C=O) groups is 2. The van der Waals surface area contributed by atoms with E-state index in [4.69, 9.17) is 4.98 Å². The lowest BCUT2D eigenvalue weighted by molar-refractivity contribution is -0.142. The van der Waals surface area contributed by atoms with E-state index in [1.807, 2.05) is 49.7 Å². The Labute approximate surface area is 195 Å². The number of aryl methyl sites for hydroxylation is 1. The zero-order chi connectivity index (χ0) is 23.7. The molecule has 2 aromatic carbocycles. The molecule has 1 aliphatic heterocycles. The molecule has 172 valence electrons. The minimum Gasteiger partial charge on any atom is -0.481 e. The highest BCUT2D eigenvalue weighted by Crippen LogP contribution is 2.30. The summed E-state index contributed by atoms with van der Waals surface area (Å²) in [5, 5.41) is 14.9. The molecular formula is C24H25FN4O3S. The van der Waals surface area contributed by atoms with E-state index < -0.39 is 11.9 Å². The van der Waals surface area contributed by atoms with Gasteiger partial charge in [0.1, 0.15) is 11.6 Å². The van der Waals surface area contributed by atoms with Crippen LogP contribution in [0.2, 0.25) is 0 Å². The molecule has 1 aliphatic rings. The van der Waals surface area contributed by atoms with Crippen LogP contribution >= 0.6 is 11.8 Å². The number of imidazole rings is 1. The number of rotatable bonds is 7. The summed E-state index contributed by atoms with van der Waals surface area (Å²) in [5.74, 6) is -1.03. The van der Waals surface area contributed by atoms with Gasteiger partial charge in [-0.3, -0.25) is 9.59 Å². The second-order valence-corrected chi connectivity index (χ2v) is 9.37. The van der Waals surface area contributed by atoms with Gasteiger partial charge in [0.05, 0.1) is 27.9 Å². The first-order valence-corrected chi connectivity index (χ1v) is 11.7. The van der Waals surface area contributed by atoms with Crippen molar-refractivity contribution in [2.45, 2.75) is 31.9 Å². The molecule has 0 saturated carbocycles. The Hall–Kier alpha value is -3.20. The third-order valence-electron chi connectivity index (χ3n) is 5.89. The summed E-state index contributed by atoms with van der Waals surface area (Å²) >= 11 is 1.17. The molecule has 1 aromatic heterocycles. The molecule has 1 N–H and O–H groups in total. The van der Waals surface area contributed by atoms with Crippen molar-refractivity contribution in [1.29, 1.82) is 0 Å². The van der Waals surface area contributed by atoms with Crippen molar-refractivity contribution >= 4 is 39.7 Å². The number of hydrogen-bond donors (Lipinski definition) is 1. The number of aromatic nitrogens is 2. The van der Waals surface area contributed by atoms with Gasteiger partial charge in [0.2, 0.25) is 0 Å². The van der Waals surface area contributed by atoms with Crippen LogP contribution < -0.4 is 0 Å². The monoisotopic (exact) mass is 468 g/mol. The van der Waals surface area contributed by atoms with Crippen LogP contribution in [0.25, 0.3) is 22.4 Å². The summed E-state index contributed by atoms with van der Waals surface area (Å²) in [6, 6.07) is 12.1. The van der Waals surface area contributed by atoms with Crippen molar-refractivity contribution in [3.05, 3.63) is 53.8 Å². The number of hydrogen-bond acceptors (Lipinski definition) is 5. The molecule has 3 aromatic rings. The Morgan fingerprint density at radius 3 is 2.73 bits per heavy atom. The van der Waals surface area contributed by atoms with E-state index in [0.717, 1.165) is 22.3 Å². The van der Waals surface area contributed by atoms with Crippen molar-refractivity contribution in [3.63, 3.8) is 0 Å². The summed E-state index contributed by atoms with van der Waals surface area (Å²) in [5.41, 5.74) is 3.91. The summed E-state index contributed by atoms with van der Waals surface area (Å²) in [6.45, 7) is 4.00. The predicted molar refractivity (Wildman–Crippen MR) is 128 cm³/mol. The molecule has 0 saturated heterocycles. The summed E-state index contributed by atoms with van der Waals surface area (Å²) in [7, 11) is 1.89. The number of benzene rings is 2. The van der Waals surface area contributed by atoms with Crippen LogP contribution in [-0.2, 0) is 11.8 Å². The number of halogens is 1. The lowest BCUT2D eigenvalue weighted by atomic mass is 10.0. The highest BCUT2D eigenvalue weighted by molar-refractivity contribution is 8.14. The quantitative estimate of drug-likeness (QED) is 0.519. The van der Waals surface area contributed by atoms with Crippen LogP contribution in [0.5, 0.6) is 0 Å². The van der Waals surface area contributed by atoms with Crippen LogP contribution in [0.1, 0.15) is 32.3 Å². The molecule has 0 radical (unpaired) electrons. The lowest BCUT2D eigenvalue weighted by Gasteiger charge is -2.27. The minimum absolute atomic E-state index is 0.154. The molecule has 0 aliphatic carbocycles. The molecule has 7 nitrogen and oxygen atoms in total. The fourth-order valence-electron chi connectivity index (χ4n) is 3.98. The topological polar surface area (TPSA) is 87.8 Å². The Kier molecular flexibility index (Phi) is 6.51. The van der Waals surface area contributed by atoms with E-state index >= 15 is 0 Å². The second kappa shape index (κ2) is 9.35. The highest BCUT2D eigenvalue weighted by Gasteiger charge is 2.29. The van der Waals surface area contributed by atoms with Crippen LogP contribution in [0, 0.1) is 11.7 Å². The number of amides is 1. The van der Waals surface area contributed by atoms with E-state index in [1.54, 1.807) is 6.07 Å².